The third-order valence-electron chi connectivity index (χ3n) is 5.33. The van der Waals surface area contributed by atoms with Crippen molar-refractivity contribution in [3.63, 3.8) is 0 Å². The maximum absolute atomic E-state index is 13.1. The number of rotatable bonds is 9. The summed E-state index contributed by atoms with van der Waals surface area (Å²) in [4.78, 5) is 27.5. The number of carbonyl (C=O) groups is 2. The second-order valence-corrected chi connectivity index (χ2v) is 8.05. The Kier molecular flexibility index (Phi) is 8.46. The normalized spacial score (nSPS) is 12.7. The first-order valence-corrected chi connectivity index (χ1v) is 10.6. The monoisotopic (exact) mass is 410 g/mol. The summed E-state index contributed by atoms with van der Waals surface area (Å²) in [6.45, 7) is 12.0. The van der Waals surface area contributed by atoms with E-state index in [-0.39, 0.29) is 24.5 Å². The van der Waals surface area contributed by atoms with Crippen molar-refractivity contribution in [1.82, 2.24) is 10.2 Å². The van der Waals surface area contributed by atoms with Crippen molar-refractivity contribution in [3.8, 4) is 5.75 Å². The molecule has 0 aromatic heterocycles. The third kappa shape index (κ3) is 6.61. The van der Waals surface area contributed by atoms with E-state index in [0.29, 0.717) is 12.3 Å². The molecule has 30 heavy (non-hydrogen) atoms. The van der Waals surface area contributed by atoms with E-state index < -0.39 is 6.04 Å². The van der Waals surface area contributed by atoms with Gasteiger partial charge in [-0.1, -0.05) is 37.3 Å². The van der Waals surface area contributed by atoms with Crippen molar-refractivity contribution in [2.45, 2.75) is 66.6 Å². The minimum absolute atomic E-state index is 0.0573. The van der Waals surface area contributed by atoms with Crippen LogP contribution in [0.5, 0.6) is 5.75 Å². The molecule has 2 amide bonds. The highest BCUT2D eigenvalue weighted by atomic mass is 16.5. The molecular weight excluding hydrogens is 376 g/mol. The fourth-order valence-electron chi connectivity index (χ4n) is 3.26. The van der Waals surface area contributed by atoms with Gasteiger partial charge in [0.05, 0.1) is 0 Å². The molecule has 2 aromatic carbocycles. The zero-order valence-corrected chi connectivity index (χ0v) is 19.0. The summed E-state index contributed by atoms with van der Waals surface area (Å²) in [5, 5.41) is 2.98. The van der Waals surface area contributed by atoms with Crippen LogP contribution in [-0.4, -0.2) is 35.4 Å². The van der Waals surface area contributed by atoms with Crippen molar-refractivity contribution < 1.29 is 14.3 Å². The van der Waals surface area contributed by atoms with Gasteiger partial charge in [-0.2, -0.15) is 0 Å². The van der Waals surface area contributed by atoms with Crippen LogP contribution in [-0.2, 0) is 16.1 Å². The lowest BCUT2D eigenvalue weighted by atomic mass is 10.1. The summed E-state index contributed by atoms with van der Waals surface area (Å²) >= 11 is 0. The Morgan fingerprint density at radius 2 is 1.67 bits per heavy atom. The maximum atomic E-state index is 13.1. The minimum atomic E-state index is -0.603. The number of nitrogens with one attached hydrogen (secondary N) is 1. The lowest BCUT2D eigenvalue weighted by Crippen LogP contribution is -2.50. The van der Waals surface area contributed by atoms with E-state index in [9.17, 15) is 9.59 Å². The average Bonchev–Trinajstić information content (AvgIpc) is 2.70. The number of hydrogen-bond donors (Lipinski definition) is 1. The molecule has 0 aliphatic rings. The van der Waals surface area contributed by atoms with Gasteiger partial charge in [0, 0.05) is 12.6 Å². The Balaban J connectivity index is 2.19. The smallest absolute Gasteiger partial charge is 0.261 e. The quantitative estimate of drug-likeness (QED) is 0.670. The predicted molar refractivity (Wildman–Crippen MR) is 120 cm³/mol. The molecule has 162 valence electrons. The third-order valence-corrected chi connectivity index (χ3v) is 5.33. The molecule has 0 aliphatic heterocycles. The molecule has 2 rings (SSSR count). The van der Waals surface area contributed by atoms with Crippen molar-refractivity contribution in [2.24, 2.45) is 0 Å². The highest BCUT2D eigenvalue weighted by molar-refractivity contribution is 5.88. The number of nitrogens with zero attached hydrogens (tertiary/aromatic N) is 1. The van der Waals surface area contributed by atoms with Crippen LogP contribution in [0.1, 0.15) is 49.4 Å². The summed E-state index contributed by atoms with van der Waals surface area (Å²) < 4.78 is 5.79. The largest absolute Gasteiger partial charge is 0.484 e. The summed E-state index contributed by atoms with van der Waals surface area (Å²) in [5.41, 5.74) is 4.26. The Labute approximate surface area is 180 Å². The summed E-state index contributed by atoms with van der Waals surface area (Å²) in [6.07, 6.45) is 0.833. The van der Waals surface area contributed by atoms with Crippen molar-refractivity contribution in [1.29, 1.82) is 0 Å². The Morgan fingerprint density at radius 1 is 1.03 bits per heavy atom. The van der Waals surface area contributed by atoms with Gasteiger partial charge in [-0.25, -0.2) is 0 Å². The van der Waals surface area contributed by atoms with Crippen LogP contribution in [0.4, 0.5) is 0 Å². The van der Waals surface area contributed by atoms with Crippen molar-refractivity contribution >= 4 is 11.8 Å². The highest BCUT2D eigenvalue weighted by Crippen LogP contribution is 2.18. The maximum Gasteiger partial charge on any atom is 0.261 e. The Hall–Kier alpha value is -2.82. The van der Waals surface area contributed by atoms with Gasteiger partial charge >= 0.3 is 0 Å². The molecule has 0 bridgehead atoms. The van der Waals surface area contributed by atoms with Gasteiger partial charge in [-0.15, -0.1) is 0 Å². The second kappa shape index (κ2) is 10.8. The van der Waals surface area contributed by atoms with Crippen molar-refractivity contribution in [3.05, 3.63) is 64.7 Å². The second-order valence-electron chi connectivity index (χ2n) is 8.05. The summed E-state index contributed by atoms with van der Waals surface area (Å²) in [7, 11) is 0. The number of carbonyl (C=O) groups excluding carboxylic acids is 2. The van der Waals surface area contributed by atoms with E-state index in [0.717, 1.165) is 28.7 Å². The standard InChI is InChI=1S/C25H34N2O3/c1-7-20(5)26-25(29)21(6)27(15-22-11-9-8-10-19(22)4)24(28)16-30-23-13-17(2)12-18(3)14-23/h8-14,20-21H,7,15-16H2,1-6H3,(H,26,29)/t20-,21-/m1/s1. The van der Waals surface area contributed by atoms with Crippen LogP contribution in [0.15, 0.2) is 42.5 Å². The first-order valence-electron chi connectivity index (χ1n) is 10.6. The minimum Gasteiger partial charge on any atom is -0.484 e. The van der Waals surface area contributed by atoms with Gasteiger partial charge in [0.2, 0.25) is 5.91 Å². The van der Waals surface area contributed by atoms with Crippen LogP contribution in [0, 0.1) is 20.8 Å². The van der Waals surface area contributed by atoms with Crippen LogP contribution in [0.2, 0.25) is 0 Å². The fourth-order valence-corrected chi connectivity index (χ4v) is 3.26. The topological polar surface area (TPSA) is 58.6 Å². The molecule has 0 heterocycles. The molecule has 0 saturated heterocycles. The molecule has 5 heteroatoms. The molecule has 0 aliphatic carbocycles. The molecule has 0 fully saturated rings. The number of hydrogen-bond acceptors (Lipinski definition) is 3. The van der Waals surface area contributed by atoms with E-state index in [1.165, 1.54) is 0 Å². The first kappa shape index (κ1) is 23.5. The zero-order chi connectivity index (χ0) is 22.3. The van der Waals surface area contributed by atoms with Gasteiger partial charge < -0.3 is 15.0 Å². The zero-order valence-electron chi connectivity index (χ0n) is 19.0. The van der Waals surface area contributed by atoms with Gasteiger partial charge in [0.1, 0.15) is 11.8 Å². The predicted octanol–water partition coefficient (Wildman–Crippen LogP) is 4.32. The molecule has 0 radical (unpaired) electrons. The molecule has 0 saturated carbocycles. The Morgan fingerprint density at radius 3 is 2.27 bits per heavy atom. The van der Waals surface area contributed by atoms with Crippen LogP contribution < -0.4 is 10.1 Å². The van der Waals surface area contributed by atoms with Gasteiger partial charge in [0.15, 0.2) is 6.61 Å². The van der Waals surface area contributed by atoms with E-state index >= 15 is 0 Å². The van der Waals surface area contributed by atoms with E-state index in [1.807, 2.05) is 71.0 Å². The van der Waals surface area contributed by atoms with E-state index in [1.54, 1.807) is 11.8 Å². The highest BCUT2D eigenvalue weighted by Gasteiger charge is 2.27. The number of benzene rings is 2. The van der Waals surface area contributed by atoms with E-state index in [2.05, 4.69) is 11.4 Å². The number of amides is 2. The molecule has 0 unspecified atom stereocenters. The number of ether oxygens (including phenoxy) is 1. The lowest BCUT2D eigenvalue weighted by molar-refractivity contribution is -0.142. The SMILES string of the molecule is CC[C@@H](C)NC(=O)[C@@H](C)N(Cc1ccccc1C)C(=O)COc1cc(C)cc(C)c1. The molecule has 5 nitrogen and oxygen atoms in total. The van der Waals surface area contributed by atoms with Crippen LogP contribution in [0.25, 0.3) is 0 Å². The summed E-state index contributed by atoms with van der Waals surface area (Å²) in [5.74, 6) is 0.287. The number of aryl methyl sites for hydroxylation is 3. The first-order chi connectivity index (χ1) is 14.2. The molecule has 2 atom stereocenters. The van der Waals surface area contributed by atoms with Crippen LogP contribution in [0.3, 0.4) is 0 Å². The van der Waals surface area contributed by atoms with Crippen molar-refractivity contribution in [2.75, 3.05) is 6.61 Å². The Bertz CT molecular complexity index is 858. The molecule has 0 spiro atoms. The molecular formula is C25H34N2O3. The fraction of sp³-hybridized carbons (Fsp3) is 0.440. The van der Waals surface area contributed by atoms with Crippen LogP contribution >= 0.6 is 0 Å². The van der Waals surface area contributed by atoms with Gasteiger partial charge in [-0.3, -0.25) is 9.59 Å². The van der Waals surface area contributed by atoms with Gasteiger partial charge in [0.25, 0.3) is 5.91 Å². The lowest BCUT2D eigenvalue weighted by Gasteiger charge is -2.30. The van der Waals surface area contributed by atoms with Gasteiger partial charge in [-0.05, 0) is 75.4 Å². The summed E-state index contributed by atoms with van der Waals surface area (Å²) in [6, 6.07) is 13.2. The average molecular weight is 411 g/mol. The molecule has 2 aromatic rings. The van der Waals surface area contributed by atoms with E-state index in [4.69, 9.17) is 4.74 Å². The molecule has 1 N–H and O–H groups in total.